The Labute approximate surface area is 132 Å². The number of nitrogens with zero attached hydrogens (tertiary/aromatic N) is 2. The molecule has 20 heavy (non-hydrogen) atoms. The van der Waals surface area contributed by atoms with Crippen LogP contribution in [0, 0.1) is 6.92 Å². The van der Waals surface area contributed by atoms with Gasteiger partial charge in [-0.3, -0.25) is 0 Å². The molecule has 1 aromatic heterocycles. The molecule has 0 aliphatic carbocycles. The predicted octanol–water partition coefficient (Wildman–Crippen LogP) is 2.99. The number of rotatable bonds is 3. The van der Waals surface area contributed by atoms with E-state index < -0.39 is 14.1 Å². The minimum Gasteiger partial charge on any atom is -0.433 e. The molecule has 104 valence electrons. The molecule has 0 atom stereocenters. The average molecular weight is 355 g/mol. The number of aromatic nitrogens is 1. The molecule has 2 rings (SSSR count). The molecule has 0 radical (unpaired) electrons. The van der Waals surface area contributed by atoms with Gasteiger partial charge in [0.15, 0.2) is 0 Å². The molecule has 0 bridgehead atoms. The highest BCUT2D eigenvalue weighted by Gasteiger charge is 2.28. The number of aryl methyl sites for hydroxylation is 1. The first kappa shape index (κ1) is 15.6. The van der Waals surface area contributed by atoms with Gasteiger partial charge in [-0.1, -0.05) is 17.7 Å². The van der Waals surface area contributed by atoms with Crippen molar-refractivity contribution < 1.29 is 10.0 Å². The zero-order valence-electron chi connectivity index (χ0n) is 11.4. The van der Waals surface area contributed by atoms with Gasteiger partial charge in [-0.15, -0.1) is 0 Å². The zero-order valence-corrected chi connectivity index (χ0v) is 13.8. The van der Waals surface area contributed by atoms with Crippen molar-refractivity contribution in [2.75, 3.05) is 4.72 Å². The lowest BCUT2D eigenvalue weighted by molar-refractivity contribution is 0.554. The lowest BCUT2D eigenvalue weighted by Crippen LogP contribution is -2.47. The first-order valence-corrected chi connectivity index (χ1v) is 7.39. The van der Waals surface area contributed by atoms with Gasteiger partial charge < -0.3 is 14.8 Å². The third-order valence-corrected chi connectivity index (χ3v) is 4.00. The van der Waals surface area contributed by atoms with E-state index in [0.717, 1.165) is 15.4 Å². The predicted molar refractivity (Wildman–Crippen MR) is 89.3 cm³/mol. The molecule has 0 aliphatic heterocycles. The van der Waals surface area contributed by atoms with Crippen molar-refractivity contribution in [2.24, 2.45) is 0 Å². The third kappa shape index (κ3) is 2.81. The van der Waals surface area contributed by atoms with Gasteiger partial charge in [-0.2, -0.15) is 0 Å². The lowest BCUT2D eigenvalue weighted by Gasteiger charge is -2.27. The largest absolute Gasteiger partial charge is 0.433 e. The van der Waals surface area contributed by atoms with E-state index in [1.165, 1.54) is 4.72 Å². The van der Waals surface area contributed by atoms with Gasteiger partial charge in [0.25, 0.3) is 0 Å². The van der Waals surface area contributed by atoms with E-state index in [9.17, 15) is 10.0 Å². The smallest absolute Gasteiger partial charge is 0.399 e. The van der Waals surface area contributed by atoms with E-state index in [1.807, 2.05) is 19.1 Å². The van der Waals surface area contributed by atoms with Crippen molar-refractivity contribution in [3.63, 3.8) is 0 Å². The van der Waals surface area contributed by atoms with Gasteiger partial charge in [0, 0.05) is 21.4 Å². The molecule has 0 saturated carbocycles. The Kier molecular flexibility index (Phi) is 4.64. The van der Waals surface area contributed by atoms with Crippen molar-refractivity contribution in [1.82, 2.24) is 4.98 Å². The van der Waals surface area contributed by atoms with Crippen molar-refractivity contribution >= 4 is 58.2 Å². The minimum atomic E-state index is -0.885. The summed E-state index contributed by atoms with van der Waals surface area (Å²) in [7, 11) is -1.77. The van der Waals surface area contributed by atoms with Crippen LogP contribution in [0.1, 0.15) is 5.56 Å². The second-order valence-electron chi connectivity index (χ2n) is 4.77. The van der Waals surface area contributed by atoms with E-state index in [0.29, 0.717) is 16.2 Å². The van der Waals surface area contributed by atoms with Crippen molar-refractivity contribution in [3.05, 3.63) is 33.4 Å². The van der Waals surface area contributed by atoms with Gasteiger partial charge in [0.05, 0.1) is 5.02 Å². The van der Waals surface area contributed by atoms with Crippen molar-refractivity contribution in [1.29, 1.82) is 0 Å². The van der Waals surface area contributed by atoms with Gasteiger partial charge in [-0.25, -0.2) is 4.98 Å². The average Bonchev–Trinajstić information content (AvgIpc) is 2.31. The molecule has 0 spiro atoms. The maximum absolute atomic E-state index is 9.88. The van der Waals surface area contributed by atoms with E-state index in [4.69, 9.17) is 11.6 Å². The second kappa shape index (κ2) is 5.93. The highest BCUT2D eigenvalue weighted by molar-refractivity contribution is 9.10. The second-order valence-corrected chi connectivity index (χ2v) is 6.03. The topological polar surface area (TPSA) is 56.6 Å². The molecule has 0 unspecified atom stereocenters. The van der Waals surface area contributed by atoms with Crippen LogP contribution < -0.4 is 4.72 Å². The number of anilines is 1. The van der Waals surface area contributed by atoms with Crippen LogP contribution in [0.25, 0.3) is 10.8 Å². The summed E-state index contributed by atoms with van der Waals surface area (Å²) >= 11 is 9.80. The Morgan fingerprint density at radius 2 is 1.85 bits per heavy atom. The van der Waals surface area contributed by atoms with Gasteiger partial charge in [0.2, 0.25) is 0 Å². The molecule has 2 aromatic rings. The van der Waals surface area contributed by atoms with E-state index in [2.05, 4.69) is 20.9 Å². The molecule has 0 fully saturated rings. The van der Waals surface area contributed by atoms with Crippen molar-refractivity contribution in [2.45, 2.75) is 20.6 Å². The highest BCUT2D eigenvalue weighted by Crippen LogP contribution is 2.36. The molecule has 0 saturated heterocycles. The fourth-order valence-corrected chi connectivity index (χ4v) is 3.05. The molecule has 8 heteroatoms. The quantitative estimate of drug-likeness (QED) is 0.832. The van der Waals surface area contributed by atoms with Crippen LogP contribution in [-0.4, -0.2) is 29.1 Å². The summed E-state index contributed by atoms with van der Waals surface area (Å²) < 4.78 is 2.23. The summed E-state index contributed by atoms with van der Waals surface area (Å²) in [6.45, 7) is 5.10. The summed E-state index contributed by atoms with van der Waals surface area (Å²) in [6, 6.07) is 3.82. The maximum Gasteiger partial charge on any atom is 0.399 e. The number of benzene rings is 1. The Balaban J connectivity index is 2.81. The number of pyridine rings is 1. The van der Waals surface area contributed by atoms with E-state index in [-0.39, 0.29) is 0 Å². The maximum atomic E-state index is 9.88. The molecule has 0 amide bonds. The molecule has 1 heterocycles. The van der Waals surface area contributed by atoms with Crippen LogP contribution in [0.5, 0.6) is 0 Å². The minimum absolute atomic E-state index is 0.457. The summed E-state index contributed by atoms with van der Waals surface area (Å²) in [5.41, 5.74) is 1.03. The standard InChI is InChI=1S/C12H14B2BrClN2O2/c1-7-4-8-9(15)6-17-12(11(8)10(16)5-7)18(13(2)19)14(3)20/h4-6,19-20H,1-3H3. The van der Waals surface area contributed by atoms with E-state index >= 15 is 0 Å². The molecule has 4 nitrogen and oxygen atoms in total. The van der Waals surface area contributed by atoms with Crippen LogP contribution in [-0.2, 0) is 0 Å². The van der Waals surface area contributed by atoms with Crippen molar-refractivity contribution in [3.8, 4) is 0 Å². The summed E-state index contributed by atoms with van der Waals surface area (Å²) in [4.78, 5) is 4.31. The fraction of sp³-hybridized carbons (Fsp3) is 0.250. The number of hydrogen-bond acceptors (Lipinski definition) is 4. The Morgan fingerprint density at radius 1 is 1.25 bits per heavy atom. The third-order valence-electron chi connectivity index (χ3n) is 3.07. The fourth-order valence-electron chi connectivity index (χ4n) is 2.27. The highest BCUT2D eigenvalue weighted by atomic mass is 79.9. The number of fused-ring (bicyclic) bond motifs is 1. The SMILES string of the molecule is CB(O)N(B(C)O)c1ncc(Br)c2cc(C)cc(Cl)c12. The van der Waals surface area contributed by atoms with Gasteiger partial charge >= 0.3 is 14.1 Å². The van der Waals surface area contributed by atoms with E-state index in [1.54, 1.807) is 19.8 Å². The number of hydrogen-bond donors (Lipinski definition) is 2. The molecule has 0 aliphatic rings. The normalized spacial score (nSPS) is 10.8. The summed E-state index contributed by atoms with van der Waals surface area (Å²) in [5, 5.41) is 21.9. The Morgan fingerprint density at radius 3 is 2.40 bits per heavy atom. The van der Waals surface area contributed by atoms with Crippen LogP contribution in [0.15, 0.2) is 22.8 Å². The molecular formula is C12H14B2BrClN2O2. The van der Waals surface area contributed by atoms with Gasteiger partial charge in [-0.05, 0) is 48.1 Å². The monoisotopic (exact) mass is 354 g/mol. The lowest BCUT2D eigenvalue weighted by atomic mass is 9.69. The van der Waals surface area contributed by atoms with Crippen LogP contribution in [0.2, 0.25) is 18.7 Å². The Bertz CT molecular complexity index is 647. The Hall–Kier alpha value is -0.750. The zero-order chi connectivity index (χ0) is 15.0. The van der Waals surface area contributed by atoms with Crippen LogP contribution in [0.3, 0.4) is 0 Å². The van der Waals surface area contributed by atoms with Gasteiger partial charge in [0.1, 0.15) is 5.82 Å². The van der Waals surface area contributed by atoms with Crippen LogP contribution in [0.4, 0.5) is 5.82 Å². The molecular weight excluding hydrogens is 341 g/mol. The summed E-state index contributed by atoms with van der Waals surface area (Å²) in [5.74, 6) is 0.457. The first-order chi connectivity index (χ1) is 9.32. The first-order valence-electron chi connectivity index (χ1n) is 6.21. The van der Waals surface area contributed by atoms with Crippen LogP contribution >= 0.6 is 27.5 Å². The molecule has 2 N–H and O–H groups in total. The summed E-state index contributed by atoms with van der Waals surface area (Å²) in [6.07, 6.45) is 1.64. The molecule has 1 aromatic carbocycles. The number of halogens is 2.